The Morgan fingerprint density at radius 2 is 1.93 bits per heavy atom. The Morgan fingerprint density at radius 3 is 2.33 bits per heavy atom. The summed E-state index contributed by atoms with van der Waals surface area (Å²) in [6.07, 6.45) is 0. The molecule has 0 aliphatic rings. The summed E-state index contributed by atoms with van der Waals surface area (Å²) in [5.74, 6) is 0.639. The lowest BCUT2D eigenvalue weighted by Crippen LogP contribution is -2.22. The SMILES string of the molecule is CC(=O)c1ccc(OC(C)(C)C)cc1Cl. The number of ketones is 1. The predicted molar refractivity (Wildman–Crippen MR) is 61.8 cm³/mol. The molecule has 82 valence electrons. The van der Waals surface area contributed by atoms with Crippen LogP contribution < -0.4 is 4.74 Å². The maximum atomic E-state index is 11.1. The minimum atomic E-state index is -0.263. The van der Waals surface area contributed by atoms with Gasteiger partial charge < -0.3 is 4.74 Å². The van der Waals surface area contributed by atoms with Gasteiger partial charge in [-0.25, -0.2) is 0 Å². The second-order valence-electron chi connectivity index (χ2n) is 4.41. The molecule has 15 heavy (non-hydrogen) atoms. The van der Waals surface area contributed by atoms with Crippen LogP contribution in [0.2, 0.25) is 5.02 Å². The van der Waals surface area contributed by atoms with Crippen molar-refractivity contribution in [3.8, 4) is 5.75 Å². The molecule has 0 aliphatic heterocycles. The molecular weight excluding hydrogens is 212 g/mol. The van der Waals surface area contributed by atoms with Gasteiger partial charge in [0.15, 0.2) is 5.78 Å². The molecule has 1 aromatic rings. The van der Waals surface area contributed by atoms with Gasteiger partial charge in [-0.1, -0.05) is 11.6 Å². The molecule has 0 aromatic heterocycles. The summed E-state index contributed by atoms with van der Waals surface area (Å²) in [5.41, 5.74) is 0.263. The van der Waals surface area contributed by atoms with Crippen LogP contribution in [0.25, 0.3) is 0 Å². The third-order valence-corrected chi connectivity index (χ3v) is 2.06. The van der Waals surface area contributed by atoms with Crippen LogP contribution in [-0.4, -0.2) is 11.4 Å². The van der Waals surface area contributed by atoms with Crippen LogP contribution in [0.5, 0.6) is 5.75 Å². The average Bonchev–Trinajstić information content (AvgIpc) is 1.99. The molecule has 0 bridgehead atoms. The molecule has 0 saturated heterocycles. The number of carbonyl (C=O) groups is 1. The maximum absolute atomic E-state index is 11.1. The number of Topliss-reactive ketones (excluding diaryl/α,β-unsaturated/α-hetero) is 1. The van der Waals surface area contributed by atoms with Gasteiger partial charge in [0.1, 0.15) is 11.4 Å². The molecule has 0 N–H and O–H groups in total. The molecule has 0 fully saturated rings. The van der Waals surface area contributed by atoms with E-state index in [1.54, 1.807) is 18.2 Å². The molecule has 0 spiro atoms. The van der Waals surface area contributed by atoms with Gasteiger partial charge in [-0.15, -0.1) is 0 Å². The zero-order valence-electron chi connectivity index (χ0n) is 9.43. The molecular formula is C12H15ClO2. The van der Waals surface area contributed by atoms with Crippen LogP contribution in [0, 0.1) is 0 Å². The molecule has 1 rings (SSSR count). The van der Waals surface area contributed by atoms with E-state index in [1.807, 2.05) is 20.8 Å². The fourth-order valence-corrected chi connectivity index (χ4v) is 1.50. The number of benzene rings is 1. The normalized spacial score (nSPS) is 11.3. The van der Waals surface area contributed by atoms with Crippen molar-refractivity contribution in [3.05, 3.63) is 28.8 Å². The molecule has 1 aromatic carbocycles. The van der Waals surface area contributed by atoms with Crippen LogP contribution >= 0.6 is 11.6 Å². The predicted octanol–water partition coefficient (Wildman–Crippen LogP) is 3.72. The van der Waals surface area contributed by atoms with Gasteiger partial charge in [-0.05, 0) is 45.9 Å². The highest BCUT2D eigenvalue weighted by Crippen LogP contribution is 2.25. The van der Waals surface area contributed by atoms with E-state index in [9.17, 15) is 4.79 Å². The Kier molecular flexibility index (Phi) is 3.40. The van der Waals surface area contributed by atoms with E-state index in [2.05, 4.69) is 0 Å². The summed E-state index contributed by atoms with van der Waals surface area (Å²) in [6.45, 7) is 7.37. The molecule has 0 radical (unpaired) electrons. The number of halogens is 1. The zero-order valence-corrected chi connectivity index (χ0v) is 10.2. The van der Waals surface area contributed by atoms with Gasteiger partial charge >= 0.3 is 0 Å². The topological polar surface area (TPSA) is 26.3 Å². The third kappa shape index (κ3) is 3.56. The first-order valence-electron chi connectivity index (χ1n) is 4.79. The molecule has 2 nitrogen and oxygen atoms in total. The standard InChI is InChI=1S/C12H15ClO2/c1-8(14)10-6-5-9(7-11(10)13)15-12(2,3)4/h5-7H,1-4H3. The largest absolute Gasteiger partial charge is 0.488 e. The van der Waals surface area contributed by atoms with Crippen LogP contribution in [0.1, 0.15) is 38.1 Å². The second kappa shape index (κ2) is 4.23. The summed E-state index contributed by atoms with van der Waals surface area (Å²) in [7, 11) is 0. The van der Waals surface area contributed by atoms with Crippen molar-refractivity contribution in [2.24, 2.45) is 0 Å². The number of hydrogen-bond donors (Lipinski definition) is 0. The maximum Gasteiger partial charge on any atom is 0.161 e. The smallest absolute Gasteiger partial charge is 0.161 e. The Morgan fingerprint density at radius 1 is 1.33 bits per heavy atom. The van der Waals surface area contributed by atoms with E-state index in [-0.39, 0.29) is 11.4 Å². The van der Waals surface area contributed by atoms with E-state index < -0.39 is 0 Å². The van der Waals surface area contributed by atoms with E-state index in [1.165, 1.54) is 6.92 Å². The molecule has 0 amide bonds. The minimum absolute atomic E-state index is 0.0395. The lowest BCUT2D eigenvalue weighted by molar-refractivity contribution is 0.101. The van der Waals surface area contributed by atoms with Gasteiger partial charge in [-0.3, -0.25) is 4.79 Å². The van der Waals surface area contributed by atoms with Crippen molar-refractivity contribution in [2.75, 3.05) is 0 Å². The molecule has 3 heteroatoms. The van der Waals surface area contributed by atoms with Crippen molar-refractivity contribution in [1.29, 1.82) is 0 Å². The summed E-state index contributed by atoms with van der Waals surface area (Å²) in [5, 5.41) is 0.434. The lowest BCUT2D eigenvalue weighted by atomic mass is 10.1. The highest BCUT2D eigenvalue weighted by atomic mass is 35.5. The van der Waals surface area contributed by atoms with Gasteiger partial charge in [0, 0.05) is 5.56 Å². The van der Waals surface area contributed by atoms with Crippen LogP contribution in [-0.2, 0) is 0 Å². The highest BCUT2D eigenvalue weighted by Gasteiger charge is 2.13. The minimum Gasteiger partial charge on any atom is -0.488 e. The monoisotopic (exact) mass is 226 g/mol. The number of ether oxygens (including phenoxy) is 1. The quantitative estimate of drug-likeness (QED) is 0.719. The van der Waals surface area contributed by atoms with E-state index in [4.69, 9.17) is 16.3 Å². The van der Waals surface area contributed by atoms with Crippen LogP contribution in [0.15, 0.2) is 18.2 Å². The fraction of sp³-hybridized carbons (Fsp3) is 0.417. The second-order valence-corrected chi connectivity index (χ2v) is 4.82. The van der Waals surface area contributed by atoms with Crippen molar-refractivity contribution >= 4 is 17.4 Å². The van der Waals surface area contributed by atoms with Crippen molar-refractivity contribution < 1.29 is 9.53 Å². The number of hydrogen-bond acceptors (Lipinski definition) is 2. The Hall–Kier alpha value is -1.02. The molecule has 0 atom stereocenters. The van der Waals surface area contributed by atoms with Gasteiger partial charge in [-0.2, -0.15) is 0 Å². The van der Waals surface area contributed by atoms with Gasteiger partial charge in [0.05, 0.1) is 5.02 Å². The van der Waals surface area contributed by atoms with Crippen molar-refractivity contribution in [3.63, 3.8) is 0 Å². The average molecular weight is 227 g/mol. The first-order valence-corrected chi connectivity index (χ1v) is 5.17. The summed E-state index contributed by atoms with van der Waals surface area (Å²) in [4.78, 5) is 11.1. The zero-order chi connectivity index (χ0) is 11.6. The lowest BCUT2D eigenvalue weighted by Gasteiger charge is -2.21. The summed E-state index contributed by atoms with van der Waals surface area (Å²) >= 11 is 5.95. The Bertz CT molecular complexity index is 378. The van der Waals surface area contributed by atoms with Crippen molar-refractivity contribution in [2.45, 2.75) is 33.3 Å². The number of carbonyl (C=O) groups excluding carboxylic acids is 1. The van der Waals surface area contributed by atoms with Crippen molar-refractivity contribution in [1.82, 2.24) is 0 Å². The van der Waals surface area contributed by atoms with E-state index in [0.717, 1.165) is 0 Å². The summed E-state index contributed by atoms with van der Waals surface area (Å²) < 4.78 is 5.62. The van der Waals surface area contributed by atoms with Gasteiger partial charge in [0.2, 0.25) is 0 Å². The third-order valence-electron chi connectivity index (χ3n) is 1.74. The van der Waals surface area contributed by atoms with E-state index >= 15 is 0 Å². The molecule has 0 saturated carbocycles. The Labute approximate surface area is 95.2 Å². The molecule has 0 unspecified atom stereocenters. The number of rotatable bonds is 2. The summed E-state index contributed by atoms with van der Waals surface area (Å²) in [6, 6.07) is 5.11. The fourth-order valence-electron chi connectivity index (χ4n) is 1.20. The molecule has 0 heterocycles. The van der Waals surface area contributed by atoms with Crippen LogP contribution in [0.4, 0.5) is 0 Å². The van der Waals surface area contributed by atoms with Gasteiger partial charge in [0.25, 0.3) is 0 Å². The Balaban J connectivity index is 2.97. The first-order chi connectivity index (χ1) is 6.79. The highest BCUT2D eigenvalue weighted by molar-refractivity contribution is 6.34. The van der Waals surface area contributed by atoms with E-state index in [0.29, 0.717) is 16.3 Å². The first kappa shape index (κ1) is 12.1. The molecule has 0 aliphatic carbocycles. The van der Waals surface area contributed by atoms with Crippen LogP contribution in [0.3, 0.4) is 0 Å².